The number of nitrogens with zero attached hydrogens (tertiary/aromatic N) is 2. The number of alkyl halides is 1. The van der Waals surface area contributed by atoms with E-state index in [-0.39, 0.29) is 0 Å². The van der Waals surface area contributed by atoms with Crippen LogP contribution in [0, 0.1) is 5.92 Å². The van der Waals surface area contributed by atoms with Crippen LogP contribution in [0.4, 0.5) is 0 Å². The van der Waals surface area contributed by atoms with Gasteiger partial charge in [0.2, 0.25) is 0 Å². The van der Waals surface area contributed by atoms with Crippen molar-refractivity contribution in [2.75, 3.05) is 5.33 Å². The lowest BCUT2D eigenvalue weighted by molar-refractivity contribution is 0.405. The molecule has 1 aliphatic rings. The fourth-order valence-corrected chi connectivity index (χ4v) is 3.07. The van der Waals surface area contributed by atoms with Crippen LogP contribution in [-0.2, 0) is 7.05 Å². The van der Waals surface area contributed by atoms with E-state index in [0.717, 1.165) is 11.2 Å². The van der Waals surface area contributed by atoms with E-state index in [2.05, 4.69) is 33.2 Å². The molecular weight excluding hydrogens is 264 g/mol. The summed E-state index contributed by atoms with van der Waals surface area (Å²) < 4.78 is 1.94. The molecule has 1 heterocycles. The third-order valence-electron chi connectivity index (χ3n) is 3.48. The molecule has 0 aromatic carbocycles. The van der Waals surface area contributed by atoms with E-state index < -0.39 is 0 Å². The Hall–Kier alpha value is -0.570. The molecule has 0 aliphatic heterocycles. The van der Waals surface area contributed by atoms with E-state index in [1.54, 1.807) is 0 Å². The smallest absolute Gasteiger partial charge is 0.0606 e. The highest BCUT2D eigenvalue weighted by atomic mass is 79.9. The second-order valence-corrected chi connectivity index (χ2v) is 5.13. The van der Waals surface area contributed by atoms with Gasteiger partial charge in [-0.1, -0.05) is 40.8 Å². The van der Waals surface area contributed by atoms with Crippen molar-refractivity contribution >= 4 is 22.0 Å². The molecule has 3 heteroatoms. The van der Waals surface area contributed by atoms with Crippen molar-refractivity contribution in [1.82, 2.24) is 9.78 Å². The highest BCUT2D eigenvalue weighted by Gasteiger charge is 2.17. The van der Waals surface area contributed by atoms with Gasteiger partial charge in [0.05, 0.1) is 5.69 Å². The van der Waals surface area contributed by atoms with E-state index in [1.807, 2.05) is 17.9 Å². The lowest BCUT2D eigenvalue weighted by Gasteiger charge is -2.23. The van der Waals surface area contributed by atoms with Gasteiger partial charge in [0, 0.05) is 18.6 Å². The number of rotatable bonds is 3. The number of hydrogen-bond acceptors (Lipinski definition) is 1. The van der Waals surface area contributed by atoms with Crippen LogP contribution in [0.25, 0.3) is 6.08 Å². The van der Waals surface area contributed by atoms with Gasteiger partial charge in [-0.05, 0) is 30.9 Å². The second-order valence-electron chi connectivity index (χ2n) is 4.57. The quantitative estimate of drug-likeness (QED) is 0.772. The van der Waals surface area contributed by atoms with Gasteiger partial charge < -0.3 is 0 Å². The van der Waals surface area contributed by atoms with Gasteiger partial charge in [0.15, 0.2) is 0 Å². The zero-order valence-electron chi connectivity index (χ0n) is 9.82. The monoisotopic (exact) mass is 282 g/mol. The number of hydrogen-bond donors (Lipinski definition) is 0. The van der Waals surface area contributed by atoms with E-state index in [4.69, 9.17) is 0 Å². The topological polar surface area (TPSA) is 17.8 Å². The Balaban J connectivity index is 2.14. The molecule has 0 amide bonds. The molecule has 0 unspecified atom stereocenters. The largest absolute Gasteiger partial charge is 0.269 e. The maximum atomic E-state index is 4.21. The molecule has 0 N–H and O–H groups in total. The Bertz CT molecular complexity index is 362. The Morgan fingerprint density at radius 1 is 1.50 bits per heavy atom. The molecule has 2 rings (SSSR count). The standard InChI is InChI=1S/C13H19BrN2/c1-16-13(7-8-15-16)9-12(10-14)11-5-3-2-4-6-11/h7-9,11H,2-6,10H2,1H3/b12-9-. The van der Waals surface area contributed by atoms with Crippen LogP contribution < -0.4 is 0 Å². The van der Waals surface area contributed by atoms with Crippen LogP contribution in [0.1, 0.15) is 37.8 Å². The molecule has 1 aliphatic carbocycles. The molecule has 1 saturated carbocycles. The molecule has 0 bridgehead atoms. The molecule has 1 aromatic rings. The van der Waals surface area contributed by atoms with Crippen molar-refractivity contribution in [3.05, 3.63) is 23.5 Å². The fraction of sp³-hybridized carbons (Fsp3) is 0.615. The number of aromatic nitrogens is 2. The summed E-state index contributed by atoms with van der Waals surface area (Å²) in [6.07, 6.45) is 11.1. The van der Waals surface area contributed by atoms with Crippen LogP contribution in [0.2, 0.25) is 0 Å². The van der Waals surface area contributed by atoms with Crippen molar-refractivity contribution < 1.29 is 0 Å². The number of allylic oxidation sites excluding steroid dienone is 1. The highest BCUT2D eigenvalue weighted by molar-refractivity contribution is 9.09. The van der Waals surface area contributed by atoms with Gasteiger partial charge in [0.1, 0.15) is 0 Å². The summed E-state index contributed by atoms with van der Waals surface area (Å²) in [4.78, 5) is 0. The average molecular weight is 283 g/mol. The first-order valence-corrected chi connectivity index (χ1v) is 7.18. The number of halogens is 1. The van der Waals surface area contributed by atoms with Crippen LogP contribution in [0.3, 0.4) is 0 Å². The first-order chi connectivity index (χ1) is 7.81. The first-order valence-electron chi connectivity index (χ1n) is 6.05. The van der Waals surface area contributed by atoms with Gasteiger partial charge in [0.25, 0.3) is 0 Å². The molecule has 0 saturated heterocycles. The van der Waals surface area contributed by atoms with E-state index in [9.17, 15) is 0 Å². The molecule has 0 atom stereocenters. The van der Waals surface area contributed by atoms with Gasteiger partial charge in [-0.15, -0.1) is 0 Å². The van der Waals surface area contributed by atoms with Crippen molar-refractivity contribution in [3.8, 4) is 0 Å². The lowest BCUT2D eigenvalue weighted by Crippen LogP contribution is -2.10. The zero-order chi connectivity index (χ0) is 11.4. The lowest BCUT2D eigenvalue weighted by atomic mass is 9.84. The van der Waals surface area contributed by atoms with E-state index in [0.29, 0.717) is 0 Å². The minimum Gasteiger partial charge on any atom is -0.269 e. The SMILES string of the molecule is Cn1nccc1/C=C(/CBr)C1CCCCC1. The van der Waals surface area contributed by atoms with Gasteiger partial charge in [-0.2, -0.15) is 5.10 Å². The Labute approximate surface area is 106 Å². The van der Waals surface area contributed by atoms with E-state index in [1.165, 1.54) is 43.4 Å². The summed E-state index contributed by atoms with van der Waals surface area (Å²) in [7, 11) is 2.00. The molecule has 0 spiro atoms. The first kappa shape index (κ1) is 11.9. The maximum absolute atomic E-state index is 4.21. The molecule has 1 aromatic heterocycles. The predicted molar refractivity (Wildman–Crippen MR) is 71.6 cm³/mol. The fourth-order valence-electron chi connectivity index (χ4n) is 2.45. The van der Waals surface area contributed by atoms with Crippen molar-refractivity contribution in [2.45, 2.75) is 32.1 Å². The molecular formula is C13H19BrN2. The van der Waals surface area contributed by atoms with Crippen molar-refractivity contribution in [1.29, 1.82) is 0 Å². The second kappa shape index (κ2) is 5.67. The Morgan fingerprint density at radius 3 is 2.81 bits per heavy atom. The molecule has 16 heavy (non-hydrogen) atoms. The van der Waals surface area contributed by atoms with Crippen LogP contribution in [0.15, 0.2) is 17.8 Å². The minimum absolute atomic E-state index is 0.781. The van der Waals surface area contributed by atoms with Crippen LogP contribution >= 0.6 is 15.9 Å². The van der Waals surface area contributed by atoms with Crippen LogP contribution in [-0.4, -0.2) is 15.1 Å². The maximum Gasteiger partial charge on any atom is 0.0606 e. The third-order valence-corrected chi connectivity index (χ3v) is 4.12. The molecule has 88 valence electrons. The van der Waals surface area contributed by atoms with Crippen molar-refractivity contribution in [3.63, 3.8) is 0 Å². The summed E-state index contributed by atoms with van der Waals surface area (Å²) in [5.74, 6) is 0.781. The normalized spacial score (nSPS) is 19.0. The van der Waals surface area contributed by atoms with Gasteiger partial charge in [-0.3, -0.25) is 4.68 Å². The van der Waals surface area contributed by atoms with E-state index >= 15 is 0 Å². The van der Waals surface area contributed by atoms with Gasteiger partial charge >= 0.3 is 0 Å². The predicted octanol–water partition coefficient (Wildman–Crippen LogP) is 3.78. The van der Waals surface area contributed by atoms with Gasteiger partial charge in [-0.25, -0.2) is 0 Å². The highest BCUT2D eigenvalue weighted by Crippen LogP contribution is 2.31. The molecule has 1 fully saturated rings. The van der Waals surface area contributed by atoms with Crippen LogP contribution in [0.5, 0.6) is 0 Å². The zero-order valence-corrected chi connectivity index (χ0v) is 11.4. The summed E-state index contributed by atoms with van der Waals surface area (Å²) >= 11 is 3.62. The summed E-state index contributed by atoms with van der Waals surface area (Å²) in [6, 6.07) is 2.07. The third kappa shape index (κ3) is 2.76. The molecule has 0 radical (unpaired) electrons. The number of aryl methyl sites for hydroxylation is 1. The Kier molecular flexibility index (Phi) is 4.22. The minimum atomic E-state index is 0.781. The average Bonchev–Trinajstić information content (AvgIpc) is 2.73. The summed E-state index contributed by atoms with van der Waals surface area (Å²) in [5.41, 5.74) is 2.74. The Morgan fingerprint density at radius 2 is 2.25 bits per heavy atom. The molecule has 2 nitrogen and oxygen atoms in total. The van der Waals surface area contributed by atoms with Crippen molar-refractivity contribution in [2.24, 2.45) is 13.0 Å². The summed E-state index contributed by atoms with van der Waals surface area (Å²) in [6.45, 7) is 0. The summed E-state index contributed by atoms with van der Waals surface area (Å²) in [5, 5.41) is 5.19.